The van der Waals surface area contributed by atoms with Gasteiger partial charge in [0.2, 0.25) is 0 Å². The van der Waals surface area contributed by atoms with Crippen LogP contribution in [-0.4, -0.2) is 40.8 Å². The molecule has 4 heterocycles. The second-order valence-corrected chi connectivity index (χ2v) is 5.75. The molecule has 0 bridgehead atoms. The molecule has 126 valence electrons. The van der Waals surface area contributed by atoms with Crippen molar-refractivity contribution in [1.82, 2.24) is 14.5 Å². The Bertz CT molecular complexity index is 611. The Balaban J connectivity index is 0.000000960. The van der Waals surface area contributed by atoms with E-state index in [2.05, 4.69) is 31.6 Å². The summed E-state index contributed by atoms with van der Waals surface area (Å²) in [6.07, 6.45) is 9.50. The van der Waals surface area contributed by atoms with Crippen molar-refractivity contribution in [3.63, 3.8) is 0 Å². The molecule has 1 fully saturated rings. The van der Waals surface area contributed by atoms with Crippen molar-refractivity contribution in [1.29, 1.82) is 0 Å². The molecule has 1 saturated heterocycles. The van der Waals surface area contributed by atoms with Gasteiger partial charge in [-0.25, -0.2) is 9.97 Å². The lowest BCUT2D eigenvalue weighted by molar-refractivity contribution is 0.122. The molecule has 2 aliphatic heterocycles. The van der Waals surface area contributed by atoms with Gasteiger partial charge < -0.3 is 14.2 Å². The molecule has 23 heavy (non-hydrogen) atoms. The zero-order valence-electron chi connectivity index (χ0n) is 12.9. The standard InChI is InChI=1S/C16H20N4O.2ClH/c1-2-14-11-17-12-20(14)15(3-1)13-4-5-16(18-10-13)19-6-8-21-9-7-19;;/h4-5,10-12,15H,1-3,6-9H2;2*1H. The van der Waals surface area contributed by atoms with Crippen LogP contribution in [0.1, 0.15) is 30.1 Å². The fourth-order valence-electron chi connectivity index (χ4n) is 3.32. The van der Waals surface area contributed by atoms with Crippen LogP contribution in [0.25, 0.3) is 0 Å². The number of nitrogens with zero attached hydrogens (tertiary/aromatic N) is 4. The Kier molecular flexibility index (Phi) is 6.27. The summed E-state index contributed by atoms with van der Waals surface area (Å²) in [5, 5.41) is 0. The fraction of sp³-hybridized carbons (Fsp3) is 0.500. The van der Waals surface area contributed by atoms with Gasteiger partial charge in [-0.3, -0.25) is 0 Å². The topological polar surface area (TPSA) is 43.2 Å². The third kappa shape index (κ3) is 3.62. The van der Waals surface area contributed by atoms with Crippen LogP contribution in [-0.2, 0) is 11.2 Å². The van der Waals surface area contributed by atoms with E-state index >= 15 is 0 Å². The number of aromatic nitrogens is 3. The summed E-state index contributed by atoms with van der Waals surface area (Å²) in [6, 6.07) is 4.76. The molecule has 1 unspecified atom stereocenters. The van der Waals surface area contributed by atoms with Gasteiger partial charge in [0.25, 0.3) is 0 Å². The predicted molar refractivity (Wildman–Crippen MR) is 95.1 cm³/mol. The molecule has 1 atom stereocenters. The average molecular weight is 357 g/mol. The Morgan fingerprint density at radius 2 is 1.91 bits per heavy atom. The maximum atomic E-state index is 5.39. The number of imidazole rings is 1. The maximum Gasteiger partial charge on any atom is 0.128 e. The predicted octanol–water partition coefficient (Wildman–Crippen LogP) is 2.88. The SMILES string of the molecule is Cl.Cl.c1cc(N2CCOCC2)ncc1C1CCCc2cncn21. The van der Waals surface area contributed by atoms with Gasteiger partial charge in [-0.1, -0.05) is 6.07 Å². The number of rotatable bonds is 2. The minimum absolute atomic E-state index is 0. The van der Waals surface area contributed by atoms with E-state index in [1.54, 1.807) is 0 Å². The summed E-state index contributed by atoms with van der Waals surface area (Å²) >= 11 is 0. The number of hydrogen-bond donors (Lipinski definition) is 0. The van der Waals surface area contributed by atoms with Crippen LogP contribution in [0.2, 0.25) is 0 Å². The van der Waals surface area contributed by atoms with E-state index in [1.807, 2.05) is 18.7 Å². The van der Waals surface area contributed by atoms with Gasteiger partial charge in [-0.15, -0.1) is 24.8 Å². The molecule has 0 radical (unpaired) electrons. The van der Waals surface area contributed by atoms with Crippen LogP contribution in [0.5, 0.6) is 0 Å². The Hall–Kier alpha value is -1.30. The molecule has 0 saturated carbocycles. The van der Waals surface area contributed by atoms with Gasteiger partial charge >= 0.3 is 0 Å². The highest BCUT2D eigenvalue weighted by molar-refractivity contribution is 5.85. The smallest absolute Gasteiger partial charge is 0.128 e. The quantitative estimate of drug-likeness (QED) is 0.829. The summed E-state index contributed by atoms with van der Waals surface area (Å²) < 4.78 is 7.69. The molecule has 2 aliphatic rings. The number of pyridine rings is 1. The number of halogens is 2. The van der Waals surface area contributed by atoms with Crippen LogP contribution in [0.3, 0.4) is 0 Å². The molecule has 0 amide bonds. The summed E-state index contributed by atoms with van der Waals surface area (Å²) in [7, 11) is 0. The average Bonchev–Trinajstić information content (AvgIpc) is 3.04. The van der Waals surface area contributed by atoms with Gasteiger partial charge in [0, 0.05) is 31.2 Å². The molecule has 0 spiro atoms. The lowest BCUT2D eigenvalue weighted by Gasteiger charge is -2.29. The highest BCUT2D eigenvalue weighted by Gasteiger charge is 2.21. The number of anilines is 1. The van der Waals surface area contributed by atoms with Crippen molar-refractivity contribution in [2.45, 2.75) is 25.3 Å². The van der Waals surface area contributed by atoms with Crippen LogP contribution < -0.4 is 4.90 Å². The van der Waals surface area contributed by atoms with Gasteiger partial charge in [-0.2, -0.15) is 0 Å². The monoisotopic (exact) mass is 356 g/mol. The second kappa shape index (κ2) is 7.99. The van der Waals surface area contributed by atoms with Crippen molar-refractivity contribution in [3.8, 4) is 0 Å². The van der Waals surface area contributed by atoms with Crippen molar-refractivity contribution in [2.24, 2.45) is 0 Å². The van der Waals surface area contributed by atoms with Crippen LogP contribution in [0.15, 0.2) is 30.9 Å². The first kappa shape index (κ1) is 18.0. The van der Waals surface area contributed by atoms with E-state index in [4.69, 9.17) is 4.74 Å². The molecule has 0 aliphatic carbocycles. The van der Waals surface area contributed by atoms with E-state index in [0.29, 0.717) is 6.04 Å². The van der Waals surface area contributed by atoms with E-state index in [9.17, 15) is 0 Å². The van der Waals surface area contributed by atoms with Crippen LogP contribution in [0.4, 0.5) is 5.82 Å². The molecule has 2 aromatic rings. The molecule has 7 heteroatoms. The maximum absolute atomic E-state index is 5.39. The van der Waals surface area contributed by atoms with Crippen molar-refractivity contribution in [2.75, 3.05) is 31.2 Å². The number of aryl methyl sites for hydroxylation is 1. The molecular weight excluding hydrogens is 335 g/mol. The Morgan fingerprint density at radius 3 is 2.65 bits per heavy atom. The van der Waals surface area contributed by atoms with Gasteiger partial charge in [-0.05, 0) is 30.9 Å². The number of hydrogen-bond acceptors (Lipinski definition) is 4. The molecular formula is C16H22Cl2N4O. The van der Waals surface area contributed by atoms with Gasteiger partial charge in [0.1, 0.15) is 5.82 Å². The first-order chi connectivity index (χ1) is 10.4. The first-order valence-corrected chi connectivity index (χ1v) is 7.71. The fourth-order valence-corrected chi connectivity index (χ4v) is 3.32. The van der Waals surface area contributed by atoms with E-state index in [1.165, 1.54) is 24.1 Å². The molecule has 0 aromatic carbocycles. The Morgan fingerprint density at radius 1 is 1.09 bits per heavy atom. The Labute approximate surface area is 148 Å². The van der Waals surface area contributed by atoms with Gasteiger partial charge in [0.15, 0.2) is 0 Å². The highest BCUT2D eigenvalue weighted by Crippen LogP contribution is 2.30. The van der Waals surface area contributed by atoms with E-state index in [-0.39, 0.29) is 24.8 Å². The minimum atomic E-state index is 0. The van der Waals surface area contributed by atoms with Crippen molar-refractivity contribution >= 4 is 30.6 Å². The molecule has 5 nitrogen and oxygen atoms in total. The van der Waals surface area contributed by atoms with E-state index < -0.39 is 0 Å². The highest BCUT2D eigenvalue weighted by atomic mass is 35.5. The van der Waals surface area contributed by atoms with Crippen LogP contribution in [0, 0.1) is 0 Å². The molecule has 2 aromatic heterocycles. The van der Waals surface area contributed by atoms with Crippen LogP contribution >= 0.6 is 24.8 Å². The zero-order valence-corrected chi connectivity index (χ0v) is 14.6. The first-order valence-electron chi connectivity index (χ1n) is 7.71. The third-order valence-corrected chi connectivity index (χ3v) is 4.48. The number of morpholine rings is 1. The minimum Gasteiger partial charge on any atom is -0.378 e. The van der Waals surface area contributed by atoms with E-state index in [0.717, 1.165) is 38.5 Å². The second-order valence-electron chi connectivity index (χ2n) is 5.75. The lowest BCUT2D eigenvalue weighted by Crippen LogP contribution is -2.36. The normalized spacial score (nSPS) is 20.2. The molecule has 4 rings (SSSR count). The lowest BCUT2D eigenvalue weighted by atomic mass is 9.97. The van der Waals surface area contributed by atoms with Gasteiger partial charge in [0.05, 0.1) is 25.6 Å². The summed E-state index contributed by atoms with van der Waals surface area (Å²) in [6.45, 7) is 3.46. The summed E-state index contributed by atoms with van der Waals surface area (Å²) in [5.74, 6) is 1.06. The summed E-state index contributed by atoms with van der Waals surface area (Å²) in [4.78, 5) is 11.3. The van der Waals surface area contributed by atoms with Crippen molar-refractivity contribution in [3.05, 3.63) is 42.1 Å². The third-order valence-electron chi connectivity index (χ3n) is 4.48. The largest absolute Gasteiger partial charge is 0.378 e. The zero-order chi connectivity index (χ0) is 14.1. The number of fused-ring (bicyclic) bond motifs is 1. The molecule has 0 N–H and O–H groups in total. The number of ether oxygens (including phenoxy) is 1. The van der Waals surface area contributed by atoms with Crippen molar-refractivity contribution < 1.29 is 4.74 Å². The summed E-state index contributed by atoms with van der Waals surface area (Å²) in [5.41, 5.74) is 2.62.